The molecular formula is C13H12BrF3O3. The Labute approximate surface area is 121 Å². The van der Waals surface area contributed by atoms with Gasteiger partial charge in [-0.25, -0.2) is 13.2 Å². The van der Waals surface area contributed by atoms with Crippen molar-refractivity contribution in [2.24, 2.45) is 5.92 Å². The highest BCUT2D eigenvalue weighted by atomic mass is 79.9. The Bertz CT molecular complexity index is 544. The lowest BCUT2D eigenvalue weighted by Crippen LogP contribution is -2.18. The zero-order valence-electron chi connectivity index (χ0n) is 10.5. The fourth-order valence-electron chi connectivity index (χ4n) is 2.03. The molecule has 1 aliphatic carbocycles. The molecule has 1 saturated carbocycles. The normalized spacial score (nSPS) is 16.9. The Kier molecular flexibility index (Phi) is 4.00. The number of ether oxygens (including phenoxy) is 1. The van der Waals surface area contributed by atoms with E-state index in [9.17, 15) is 18.0 Å². The molecule has 1 atom stereocenters. The third-order valence-electron chi connectivity index (χ3n) is 3.24. The third kappa shape index (κ3) is 2.63. The molecule has 0 aliphatic heterocycles. The number of carboxylic acids is 1. The van der Waals surface area contributed by atoms with Crippen molar-refractivity contribution < 1.29 is 27.8 Å². The Hall–Kier alpha value is -1.24. The van der Waals surface area contributed by atoms with Crippen LogP contribution >= 0.6 is 15.9 Å². The third-order valence-corrected chi connectivity index (χ3v) is 4.13. The number of benzene rings is 1. The monoisotopic (exact) mass is 352 g/mol. The molecule has 0 spiro atoms. The maximum absolute atomic E-state index is 14.0. The minimum atomic E-state index is -3.16. The van der Waals surface area contributed by atoms with Crippen LogP contribution in [0.15, 0.2) is 12.1 Å². The van der Waals surface area contributed by atoms with Crippen molar-refractivity contribution in [2.45, 2.75) is 23.6 Å². The summed E-state index contributed by atoms with van der Waals surface area (Å²) in [6.07, 6.45) is 0.763. The van der Waals surface area contributed by atoms with E-state index in [0.717, 1.165) is 13.2 Å². The second-order valence-corrected chi connectivity index (χ2v) is 5.59. The molecule has 0 heterocycles. The summed E-state index contributed by atoms with van der Waals surface area (Å²) < 4.78 is 46.7. The topological polar surface area (TPSA) is 46.5 Å². The minimum Gasteiger partial charge on any atom is -0.493 e. The Morgan fingerprint density at radius 3 is 2.55 bits per heavy atom. The van der Waals surface area contributed by atoms with Gasteiger partial charge in [0, 0.05) is 17.0 Å². The van der Waals surface area contributed by atoms with Crippen LogP contribution in [-0.2, 0) is 10.7 Å². The highest BCUT2D eigenvalue weighted by Gasteiger charge is 2.48. The van der Waals surface area contributed by atoms with Gasteiger partial charge in [0.1, 0.15) is 4.83 Å². The molecule has 1 aromatic rings. The van der Waals surface area contributed by atoms with Crippen LogP contribution in [0.25, 0.3) is 0 Å². The van der Waals surface area contributed by atoms with Crippen molar-refractivity contribution in [1.82, 2.24) is 0 Å². The first-order chi connectivity index (χ1) is 9.28. The Morgan fingerprint density at radius 1 is 1.50 bits per heavy atom. The minimum absolute atomic E-state index is 0.157. The first kappa shape index (κ1) is 15.2. The molecule has 0 bridgehead atoms. The van der Waals surface area contributed by atoms with Gasteiger partial charge in [0.25, 0.3) is 5.92 Å². The lowest BCUT2D eigenvalue weighted by atomic mass is 9.99. The summed E-state index contributed by atoms with van der Waals surface area (Å²) in [6.45, 7) is 0. The molecule has 1 N–H and O–H groups in total. The van der Waals surface area contributed by atoms with Gasteiger partial charge in [-0.05, 0) is 25.0 Å². The van der Waals surface area contributed by atoms with Gasteiger partial charge in [0.2, 0.25) is 0 Å². The number of hydrogen-bond acceptors (Lipinski definition) is 2. The van der Waals surface area contributed by atoms with E-state index < -0.39 is 34.0 Å². The van der Waals surface area contributed by atoms with Gasteiger partial charge in [0.05, 0.1) is 7.11 Å². The number of methoxy groups -OCH3 is 1. The SMILES string of the molecule is COc1c(F)cc(C(F)(F)C2CC2)cc1C(Br)C(=O)O. The van der Waals surface area contributed by atoms with E-state index in [1.54, 1.807) is 0 Å². The first-order valence-corrected chi connectivity index (χ1v) is 6.83. The maximum Gasteiger partial charge on any atom is 0.321 e. The summed E-state index contributed by atoms with van der Waals surface area (Å²) in [7, 11) is 1.15. The maximum atomic E-state index is 14.0. The number of carboxylic acid groups (broad SMARTS) is 1. The molecule has 0 saturated heterocycles. The Morgan fingerprint density at radius 2 is 2.10 bits per heavy atom. The van der Waals surface area contributed by atoms with E-state index in [4.69, 9.17) is 9.84 Å². The summed E-state index contributed by atoms with van der Waals surface area (Å²) in [5.74, 6) is -6.61. The lowest BCUT2D eigenvalue weighted by Gasteiger charge is -2.20. The molecule has 7 heteroatoms. The fraction of sp³-hybridized carbons (Fsp3) is 0.462. The summed E-state index contributed by atoms with van der Waals surface area (Å²) in [6, 6.07) is 1.70. The largest absolute Gasteiger partial charge is 0.493 e. The molecule has 20 heavy (non-hydrogen) atoms. The Balaban J connectivity index is 2.54. The van der Waals surface area contributed by atoms with Gasteiger partial charge in [-0.15, -0.1) is 0 Å². The van der Waals surface area contributed by atoms with Gasteiger partial charge in [-0.2, -0.15) is 0 Å². The first-order valence-electron chi connectivity index (χ1n) is 5.91. The lowest BCUT2D eigenvalue weighted by molar-refractivity contribution is -0.136. The number of aliphatic carboxylic acids is 1. The molecule has 1 aliphatic rings. The summed E-state index contributed by atoms with van der Waals surface area (Å²) in [4.78, 5) is 9.66. The van der Waals surface area contributed by atoms with Crippen molar-refractivity contribution >= 4 is 21.9 Å². The number of halogens is 4. The van der Waals surface area contributed by atoms with Crippen molar-refractivity contribution in [3.63, 3.8) is 0 Å². The van der Waals surface area contributed by atoms with E-state index in [1.165, 1.54) is 0 Å². The van der Waals surface area contributed by atoms with Gasteiger partial charge in [0.15, 0.2) is 11.6 Å². The van der Waals surface area contributed by atoms with Gasteiger partial charge < -0.3 is 9.84 Å². The highest BCUT2D eigenvalue weighted by Crippen LogP contribution is 2.51. The van der Waals surface area contributed by atoms with Crippen LogP contribution < -0.4 is 4.74 Å². The van der Waals surface area contributed by atoms with Crippen molar-refractivity contribution in [3.8, 4) is 5.75 Å². The molecule has 2 rings (SSSR count). The standard InChI is InChI=1S/C13H12BrF3O3/c1-20-11-8(10(14)12(18)19)4-7(5-9(11)15)13(16,17)6-2-3-6/h4-6,10H,2-3H2,1H3,(H,18,19). The predicted octanol–water partition coefficient (Wildman–Crippen LogP) is 3.86. The summed E-state index contributed by atoms with van der Waals surface area (Å²) in [5, 5.41) is 8.95. The summed E-state index contributed by atoms with van der Waals surface area (Å²) in [5.41, 5.74) is -0.672. The zero-order valence-corrected chi connectivity index (χ0v) is 12.1. The van der Waals surface area contributed by atoms with E-state index in [2.05, 4.69) is 15.9 Å². The molecule has 110 valence electrons. The van der Waals surface area contributed by atoms with E-state index in [1.807, 2.05) is 0 Å². The molecule has 0 amide bonds. The van der Waals surface area contributed by atoms with Crippen molar-refractivity contribution in [3.05, 3.63) is 29.1 Å². The molecule has 0 radical (unpaired) electrons. The van der Waals surface area contributed by atoms with Crippen LogP contribution in [0.5, 0.6) is 5.75 Å². The second-order valence-electron chi connectivity index (χ2n) is 4.68. The number of hydrogen-bond donors (Lipinski definition) is 1. The average molecular weight is 353 g/mol. The van der Waals surface area contributed by atoms with E-state index in [0.29, 0.717) is 18.9 Å². The molecule has 1 fully saturated rings. The average Bonchev–Trinajstić information content (AvgIpc) is 3.21. The van der Waals surface area contributed by atoms with Crippen molar-refractivity contribution in [1.29, 1.82) is 0 Å². The molecular weight excluding hydrogens is 341 g/mol. The molecule has 0 aromatic heterocycles. The smallest absolute Gasteiger partial charge is 0.321 e. The number of carbonyl (C=O) groups is 1. The number of rotatable bonds is 5. The van der Waals surface area contributed by atoms with Crippen molar-refractivity contribution in [2.75, 3.05) is 7.11 Å². The second kappa shape index (κ2) is 5.27. The zero-order chi connectivity index (χ0) is 15.1. The van der Waals surface area contributed by atoms with Crippen LogP contribution in [-0.4, -0.2) is 18.2 Å². The van der Waals surface area contributed by atoms with Crippen LogP contribution in [0.4, 0.5) is 13.2 Å². The van der Waals surface area contributed by atoms with E-state index in [-0.39, 0.29) is 11.3 Å². The molecule has 3 nitrogen and oxygen atoms in total. The molecule has 1 unspecified atom stereocenters. The van der Waals surface area contributed by atoms with Crippen LogP contribution in [0.1, 0.15) is 28.8 Å². The fourth-order valence-corrected chi connectivity index (χ4v) is 2.37. The van der Waals surface area contributed by atoms with Gasteiger partial charge in [-0.1, -0.05) is 15.9 Å². The van der Waals surface area contributed by atoms with E-state index >= 15 is 0 Å². The quantitative estimate of drug-likeness (QED) is 0.818. The predicted molar refractivity (Wildman–Crippen MR) is 68.9 cm³/mol. The van der Waals surface area contributed by atoms with Crippen LogP contribution in [0.3, 0.4) is 0 Å². The number of alkyl halides is 3. The van der Waals surface area contributed by atoms with Gasteiger partial charge >= 0.3 is 5.97 Å². The van der Waals surface area contributed by atoms with Crippen LogP contribution in [0, 0.1) is 11.7 Å². The summed E-state index contributed by atoms with van der Waals surface area (Å²) >= 11 is 2.84. The van der Waals surface area contributed by atoms with Gasteiger partial charge in [-0.3, -0.25) is 4.79 Å². The molecule has 1 aromatic carbocycles. The van der Waals surface area contributed by atoms with Crippen LogP contribution in [0.2, 0.25) is 0 Å². The highest BCUT2D eigenvalue weighted by molar-refractivity contribution is 9.09.